The zero-order valence-corrected chi connectivity index (χ0v) is 13.2. The Kier molecular flexibility index (Phi) is 5.51. The molecule has 1 amide bonds. The minimum absolute atomic E-state index is 0.0519. The number of benzene rings is 2. The maximum Gasteiger partial charge on any atom is 0.266 e. The van der Waals surface area contributed by atoms with Crippen LogP contribution >= 0.6 is 11.6 Å². The maximum absolute atomic E-state index is 13.6. The van der Waals surface area contributed by atoms with Gasteiger partial charge in [0.2, 0.25) is 0 Å². The monoisotopic (exact) mass is 348 g/mol. The summed E-state index contributed by atoms with van der Waals surface area (Å²) in [6, 6.07) is 9.37. The van der Waals surface area contributed by atoms with E-state index in [0.29, 0.717) is 5.56 Å². The van der Waals surface area contributed by atoms with Gasteiger partial charge in [-0.3, -0.25) is 4.79 Å². The largest absolute Gasteiger partial charge is 0.494 e. The van der Waals surface area contributed by atoms with Crippen LogP contribution in [0.3, 0.4) is 0 Å². The van der Waals surface area contributed by atoms with E-state index < -0.39 is 17.5 Å². The van der Waals surface area contributed by atoms with E-state index in [1.165, 1.54) is 37.5 Å². The third kappa shape index (κ3) is 4.09. The molecule has 0 spiro atoms. The first-order chi connectivity index (χ1) is 11.4. The molecular formula is C17H11ClF2N2O2. The molecule has 2 aromatic rings. The van der Waals surface area contributed by atoms with Crippen molar-refractivity contribution in [1.82, 2.24) is 0 Å². The summed E-state index contributed by atoms with van der Waals surface area (Å²) < 4.78 is 31.5. The van der Waals surface area contributed by atoms with Gasteiger partial charge in [0.25, 0.3) is 5.91 Å². The van der Waals surface area contributed by atoms with E-state index in [1.54, 1.807) is 6.07 Å². The molecule has 24 heavy (non-hydrogen) atoms. The molecule has 0 radical (unpaired) electrons. The number of anilines is 1. The topological polar surface area (TPSA) is 62.1 Å². The summed E-state index contributed by atoms with van der Waals surface area (Å²) in [6.07, 6.45) is 1.23. The van der Waals surface area contributed by atoms with Gasteiger partial charge in [-0.15, -0.1) is 0 Å². The summed E-state index contributed by atoms with van der Waals surface area (Å²) >= 11 is 5.63. The van der Waals surface area contributed by atoms with Crippen molar-refractivity contribution >= 4 is 29.3 Å². The Bertz CT molecular complexity index is 860. The number of amides is 1. The van der Waals surface area contributed by atoms with Crippen LogP contribution in [-0.2, 0) is 4.79 Å². The van der Waals surface area contributed by atoms with Crippen molar-refractivity contribution in [2.24, 2.45) is 0 Å². The first-order valence-electron chi connectivity index (χ1n) is 6.66. The van der Waals surface area contributed by atoms with E-state index in [-0.39, 0.29) is 22.0 Å². The molecule has 2 aromatic carbocycles. The highest BCUT2D eigenvalue weighted by Crippen LogP contribution is 2.21. The third-order valence-electron chi connectivity index (χ3n) is 3.03. The third-order valence-corrected chi connectivity index (χ3v) is 3.32. The average Bonchev–Trinajstić information content (AvgIpc) is 2.56. The van der Waals surface area contributed by atoms with Gasteiger partial charge in [0.1, 0.15) is 17.5 Å². The van der Waals surface area contributed by atoms with Crippen LogP contribution in [0.2, 0.25) is 5.02 Å². The van der Waals surface area contributed by atoms with E-state index in [4.69, 9.17) is 21.6 Å². The second-order valence-electron chi connectivity index (χ2n) is 4.65. The molecule has 0 aliphatic carbocycles. The number of nitriles is 1. The number of carbonyl (C=O) groups excluding carboxylic acids is 1. The summed E-state index contributed by atoms with van der Waals surface area (Å²) in [4.78, 5) is 12.1. The molecule has 0 saturated carbocycles. The smallest absolute Gasteiger partial charge is 0.266 e. The number of nitrogens with one attached hydrogen (secondary N) is 1. The fourth-order valence-electron chi connectivity index (χ4n) is 1.86. The summed E-state index contributed by atoms with van der Waals surface area (Å²) in [5.74, 6) is -1.92. The quantitative estimate of drug-likeness (QED) is 0.666. The highest BCUT2D eigenvalue weighted by atomic mass is 35.5. The van der Waals surface area contributed by atoms with Gasteiger partial charge >= 0.3 is 0 Å². The summed E-state index contributed by atoms with van der Waals surface area (Å²) in [6.45, 7) is 0. The van der Waals surface area contributed by atoms with Crippen LogP contribution in [0.1, 0.15) is 5.56 Å². The molecule has 4 nitrogen and oxygen atoms in total. The lowest BCUT2D eigenvalue weighted by atomic mass is 10.1. The first-order valence-corrected chi connectivity index (χ1v) is 7.04. The number of hydrogen-bond donors (Lipinski definition) is 1. The van der Waals surface area contributed by atoms with Crippen molar-refractivity contribution in [3.63, 3.8) is 0 Å². The lowest BCUT2D eigenvalue weighted by molar-refractivity contribution is -0.112. The van der Waals surface area contributed by atoms with E-state index in [1.807, 2.05) is 0 Å². The Morgan fingerprint density at radius 3 is 2.58 bits per heavy atom. The number of halogens is 3. The number of carbonyl (C=O) groups is 1. The van der Waals surface area contributed by atoms with Crippen LogP contribution in [-0.4, -0.2) is 13.0 Å². The molecule has 7 heteroatoms. The van der Waals surface area contributed by atoms with Crippen molar-refractivity contribution in [2.45, 2.75) is 0 Å². The molecule has 1 N–H and O–H groups in total. The minimum Gasteiger partial charge on any atom is -0.494 e. The molecule has 0 saturated heterocycles. The Morgan fingerprint density at radius 2 is 2.00 bits per heavy atom. The van der Waals surface area contributed by atoms with Gasteiger partial charge < -0.3 is 10.1 Å². The standard InChI is InChI=1S/C17H11ClF2N2O2/c1-24-16-5-2-10(7-15(16)20)6-11(9-21)17(23)22-12-3-4-14(19)13(18)8-12/h2-8H,1H3,(H,22,23)/b11-6+. The molecule has 0 bridgehead atoms. The molecule has 0 heterocycles. The fourth-order valence-corrected chi connectivity index (χ4v) is 2.04. The summed E-state index contributed by atoms with van der Waals surface area (Å²) in [7, 11) is 1.33. The van der Waals surface area contributed by atoms with Crippen molar-refractivity contribution in [2.75, 3.05) is 12.4 Å². The normalized spacial score (nSPS) is 10.9. The van der Waals surface area contributed by atoms with E-state index in [2.05, 4.69) is 5.32 Å². The van der Waals surface area contributed by atoms with Gasteiger partial charge in [-0.1, -0.05) is 17.7 Å². The lowest BCUT2D eigenvalue weighted by Crippen LogP contribution is -2.13. The predicted octanol–water partition coefficient (Wildman–Crippen LogP) is 4.17. The number of methoxy groups -OCH3 is 1. The Morgan fingerprint density at radius 1 is 1.25 bits per heavy atom. The lowest BCUT2D eigenvalue weighted by Gasteiger charge is -2.06. The number of nitrogens with zero attached hydrogens (tertiary/aromatic N) is 1. The SMILES string of the molecule is COc1ccc(/C=C(\C#N)C(=O)Nc2ccc(F)c(Cl)c2)cc1F. The number of ether oxygens (including phenoxy) is 1. The van der Waals surface area contributed by atoms with Crippen LogP contribution in [0.4, 0.5) is 14.5 Å². The van der Waals surface area contributed by atoms with E-state index in [9.17, 15) is 13.6 Å². The molecular weight excluding hydrogens is 338 g/mol. The Labute approximate surface area is 141 Å². The van der Waals surface area contributed by atoms with Gasteiger partial charge in [0.15, 0.2) is 11.6 Å². The van der Waals surface area contributed by atoms with Crippen LogP contribution in [0.25, 0.3) is 6.08 Å². The number of hydrogen-bond acceptors (Lipinski definition) is 3. The molecule has 122 valence electrons. The molecule has 2 rings (SSSR count). The van der Waals surface area contributed by atoms with Crippen LogP contribution in [0.5, 0.6) is 5.75 Å². The molecule has 0 fully saturated rings. The second kappa shape index (κ2) is 7.57. The van der Waals surface area contributed by atoms with Gasteiger partial charge in [-0.2, -0.15) is 5.26 Å². The molecule has 0 aromatic heterocycles. The van der Waals surface area contributed by atoms with Gasteiger partial charge in [0.05, 0.1) is 12.1 Å². The predicted molar refractivity (Wildman–Crippen MR) is 86.6 cm³/mol. The Balaban J connectivity index is 2.23. The molecule has 0 unspecified atom stereocenters. The van der Waals surface area contributed by atoms with Crippen molar-refractivity contribution in [1.29, 1.82) is 5.26 Å². The fraction of sp³-hybridized carbons (Fsp3) is 0.0588. The minimum atomic E-state index is -0.726. The van der Waals surface area contributed by atoms with E-state index in [0.717, 1.165) is 12.1 Å². The molecule has 0 atom stereocenters. The average molecular weight is 349 g/mol. The van der Waals surface area contributed by atoms with E-state index >= 15 is 0 Å². The molecule has 0 aliphatic heterocycles. The molecule has 0 aliphatic rings. The van der Waals surface area contributed by atoms with Crippen LogP contribution < -0.4 is 10.1 Å². The number of rotatable bonds is 4. The highest BCUT2D eigenvalue weighted by molar-refractivity contribution is 6.31. The Hall–Kier alpha value is -2.91. The second-order valence-corrected chi connectivity index (χ2v) is 5.05. The zero-order valence-electron chi connectivity index (χ0n) is 12.4. The van der Waals surface area contributed by atoms with Gasteiger partial charge in [-0.05, 0) is 42.0 Å². The van der Waals surface area contributed by atoms with Crippen LogP contribution in [0.15, 0.2) is 42.0 Å². The summed E-state index contributed by atoms with van der Waals surface area (Å²) in [5, 5.41) is 11.4. The maximum atomic E-state index is 13.6. The van der Waals surface area contributed by atoms with Crippen LogP contribution in [0, 0.1) is 23.0 Å². The first kappa shape index (κ1) is 17.4. The highest BCUT2D eigenvalue weighted by Gasteiger charge is 2.11. The van der Waals surface area contributed by atoms with Crippen molar-refractivity contribution < 1.29 is 18.3 Å². The summed E-state index contributed by atoms with van der Waals surface area (Å²) in [5.41, 5.74) is 0.297. The zero-order chi connectivity index (χ0) is 17.7. The van der Waals surface area contributed by atoms with Crippen molar-refractivity contribution in [3.05, 3.63) is 64.2 Å². The van der Waals surface area contributed by atoms with Gasteiger partial charge in [0, 0.05) is 5.69 Å². The van der Waals surface area contributed by atoms with Gasteiger partial charge in [-0.25, -0.2) is 8.78 Å². The van der Waals surface area contributed by atoms with Crippen molar-refractivity contribution in [3.8, 4) is 11.8 Å².